The van der Waals surface area contributed by atoms with E-state index >= 15 is 0 Å². The van der Waals surface area contributed by atoms with Crippen LogP contribution in [0.5, 0.6) is 11.5 Å². The average Bonchev–Trinajstić information content (AvgIpc) is 3.35. The third-order valence-electron chi connectivity index (χ3n) is 4.86. The number of fused-ring (bicyclic) bond motifs is 2. The van der Waals surface area contributed by atoms with Gasteiger partial charge in [0.15, 0.2) is 0 Å². The van der Waals surface area contributed by atoms with Gasteiger partial charge in [0, 0.05) is 0 Å². The number of ether oxygens (including phenoxy) is 2. The van der Waals surface area contributed by atoms with Gasteiger partial charge < -0.3 is 0 Å². The number of β-amino-alcohol motifs (C(OH)–C–C–N with tert-alkyl or cyclic N) is 1. The van der Waals surface area contributed by atoms with Crippen molar-refractivity contribution in [2.24, 2.45) is 0 Å². The Labute approximate surface area is 168 Å². The molecule has 1 N–H and O–H groups in total. The van der Waals surface area contributed by atoms with Crippen molar-refractivity contribution in [1.82, 2.24) is 4.57 Å². The van der Waals surface area contributed by atoms with Crippen LogP contribution in [0.1, 0.15) is 19.7 Å². The quantitative estimate of drug-likeness (QED) is 0.433. The Morgan fingerprint density at radius 3 is 2.85 bits per heavy atom. The van der Waals surface area contributed by atoms with E-state index in [1.165, 1.54) is 9.05 Å². The molecular weight excluding hydrogens is 458 g/mol. The predicted molar refractivity (Wildman–Crippen MR) is 106 cm³/mol. The minimum atomic E-state index is -0.267. The Bertz CT molecular complexity index is 969. The molecule has 2 aromatic heterocycles. The Kier molecular flexibility index (Phi) is 5.18. The zero-order chi connectivity index (χ0) is 19.0. The summed E-state index contributed by atoms with van der Waals surface area (Å²) in [5.41, 5.74) is 2.26. The van der Waals surface area contributed by atoms with Gasteiger partial charge in [-0.3, -0.25) is 0 Å². The molecule has 3 aromatic rings. The number of benzene rings is 1. The molecule has 27 heavy (non-hydrogen) atoms. The number of nitrogens with zero attached hydrogens (tertiary/aromatic N) is 3. The fourth-order valence-electron chi connectivity index (χ4n) is 3.63. The molecule has 1 aliphatic heterocycles. The van der Waals surface area contributed by atoms with E-state index in [0.717, 1.165) is 42.0 Å². The first-order valence-electron chi connectivity index (χ1n) is 9.17. The van der Waals surface area contributed by atoms with Gasteiger partial charge >= 0.3 is 169 Å². The molecule has 7 heteroatoms. The molecule has 0 atom stereocenters. The summed E-state index contributed by atoms with van der Waals surface area (Å²) in [7, 11) is 1.65. The first kappa shape index (κ1) is 18.4. The monoisotopic (exact) mass is 484 g/mol. The second-order valence-electron chi connectivity index (χ2n) is 6.25. The maximum atomic E-state index is 9.59. The predicted octanol–water partition coefficient (Wildman–Crippen LogP) is 2.22. The molecule has 0 fully saturated rings. The minimum absolute atomic E-state index is 0.0472. The Morgan fingerprint density at radius 1 is 1.30 bits per heavy atom. The van der Waals surface area contributed by atoms with Crippen molar-refractivity contribution in [3.8, 4) is 11.5 Å². The van der Waals surface area contributed by atoms with Crippen LogP contribution in [0, 0.1) is 0 Å². The van der Waals surface area contributed by atoms with Crippen LogP contribution in [0.4, 0.5) is 5.69 Å². The molecule has 4 rings (SSSR count). The Hall–Kier alpha value is -1.94. The number of aromatic nitrogens is 2. The maximum absolute atomic E-state index is 9.59. The van der Waals surface area contributed by atoms with Crippen molar-refractivity contribution in [3.63, 3.8) is 0 Å². The van der Waals surface area contributed by atoms with Crippen LogP contribution in [0.2, 0.25) is 0 Å². The van der Waals surface area contributed by atoms with Crippen LogP contribution < -0.4 is 18.9 Å². The summed E-state index contributed by atoms with van der Waals surface area (Å²) in [5.74, 6) is 3.45. The van der Waals surface area contributed by atoms with Gasteiger partial charge in [-0.1, -0.05) is 0 Å². The van der Waals surface area contributed by atoms with Crippen LogP contribution in [0.25, 0.3) is 15.1 Å². The molecule has 0 bridgehead atoms. The second kappa shape index (κ2) is 7.59. The first-order chi connectivity index (χ1) is 13.2. The molecule has 1 aromatic carbocycles. The topological polar surface area (TPSA) is 50.7 Å². The van der Waals surface area contributed by atoms with Crippen LogP contribution >= 0.6 is 0 Å². The van der Waals surface area contributed by atoms with Gasteiger partial charge in [0.1, 0.15) is 0 Å². The van der Waals surface area contributed by atoms with Crippen molar-refractivity contribution < 1.29 is 19.1 Å². The van der Waals surface area contributed by atoms with Crippen LogP contribution in [-0.2, 0) is 13.1 Å². The standard InChI is InChI=1S/C20H24N3O3Te/c1-4-21-15-8-11-27-20(15)22(5-2)18(21)13-19-23(9-10-24)16-12-14(25-3)6-7-17(16)26-19/h6-8,11-13,24H,4-5,9-10H2,1-3H3/q+1. The van der Waals surface area contributed by atoms with Gasteiger partial charge in [-0.2, -0.15) is 0 Å². The molecule has 142 valence electrons. The van der Waals surface area contributed by atoms with Crippen LogP contribution in [0.3, 0.4) is 0 Å². The number of anilines is 1. The number of aliphatic hydroxyl groups is 1. The summed E-state index contributed by atoms with van der Waals surface area (Å²) in [6.45, 7) is 6.72. The van der Waals surface area contributed by atoms with Crippen molar-refractivity contribution in [2.45, 2.75) is 26.9 Å². The second-order valence-corrected chi connectivity index (χ2v) is 8.80. The summed E-state index contributed by atoms with van der Waals surface area (Å²) >= 11 is -0.267. The van der Waals surface area contributed by atoms with E-state index in [0.29, 0.717) is 6.54 Å². The fraction of sp³-hybridized carbons (Fsp3) is 0.350. The van der Waals surface area contributed by atoms with E-state index in [9.17, 15) is 5.11 Å². The zero-order valence-electron chi connectivity index (χ0n) is 15.8. The average molecular weight is 482 g/mol. The number of aryl methyl sites for hydroxylation is 2. The molecule has 0 saturated heterocycles. The molecule has 6 nitrogen and oxygen atoms in total. The third-order valence-corrected chi connectivity index (χ3v) is 7.50. The summed E-state index contributed by atoms with van der Waals surface area (Å²) in [5, 5.41) is 9.59. The Balaban J connectivity index is 1.84. The molecule has 0 unspecified atom stereocenters. The van der Waals surface area contributed by atoms with Crippen molar-refractivity contribution in [3.05, 3.63) is 40.1 Å². The van der Waals surface area contributed by atoms with E-state index in [4.69, 9.17) is 9.47 Å². The van der Waals surface area contributed by atoms with Gasteiger partial charge in [-0.25, -0.2) is 0 Å². The van der Waals surface area contributed by atoms with Crippen LogP contribution in [0.15, 0.2) is 34.2 Å². The number of imidazole rings is 1. The molecule has 0 spiro atoms. The molecule has 3 heterocycles. The molecular formula is C20H24N3O3Te+. The van der Waals surface area contributed by atoms with Gasteiger partial charge in [0.25, 0.3) is 0 Å². The fourth-order valence-corrected chi connectivity index (χ4v) is 6.41. The van der Waals surface area contributed by atoms with Gasteiger partial charge in [-0.05, 0) is 0 Å². The molecule has 0 amide bonds. The van der Waals surface area contributed by atoms with Gasteiger partial charge in [0.05, 0.1) is 0 Å². The van der Waals surface area contributed by atoms with E-state index in [2.05, 4.69) is 39.2 Å². The van der Waals surface area contributed by atoms with Crippen molar-refractivity contribution in [1.29, 1.82) is 0 Å². The van der Waals surface area contributed by atoms with Gasteiger partial charge in [-0.15, -0.1) is 0 Å². The van der Waals surface area contributed by atoms with E-state index in [1.807, 2.05) is 23.1 Å². The van der Waals surface area contributed by atoms with Crippen molar-refractivity contribution in [2.75, 3.05) is 25.2 Å². The molecule has 0 saturated carbocycles. The van der Waals surface area contributed by atoms with E-state index in [-0.39, 0.29) is 27.0 Å². The number of methoxy groups -OCH3 is 1. The van der Waals surface area contributed by atoms with Gasteiger partial charge in [0.2, 0.25) is 0 Å². The molecule has 0 radical (unpaired) electrons. The summed E-state index contributed by atoms with van der Waals surface area (Å²) in [6.07, 6.45) is 2.11. The SMILES string of the molecule is CCn1c(C=C2Oc3ccc(OC)cc3N2CCO)[n+](CC)c2[te]ccc21. The number of hydrogen-bond donors (Lipinski definition) is 1. The van der Waals surface area contributed by atoms with E-state index < -0.39 is 0 Å². The number of rotatable bonds is 6. The summed E-state index contributed by atoms with van der Waals surface area (Å²) in [4.78, 5) is 2.02. The molecule has 1 aliphatic rings. The van der Waals surface area contributed by atoms with Crippen molar-refractivity contribution >= 4 is 41.2 Å². The third kappa shape index (κ3) is 3.04. The summed E-state index contributed by atoms with van der Waals surface area (Å²) in [6, 6.07) is 8.02. The summed E-state index contributed by atoms with van der Waals surface area (Å²) < 4.78 is 20.1. The number of hydrogen-bond acceptors (Lipinski definition) is 4. The number of aliphatic hydroxyl groups excluding tert-OH is 1. The van der Waals surface area contributed by atoms with E-state index in [1.54, 1.807) is 7.11 Å². The first-order valence-corrected chi connectivity index (χ1v) is 11.7. The van der Waals surface area contributed by atoms with Crippen LogP contribution in [-0.4, -0.2) is 50.4 Å². The normalized spacial score (nSPS) is 14.8. The zero-order valence-corrected chi connectivity index (χ0v) is 18.1. The molecule has 0 aliphatic carbocycles. The Morgan fingerprint density at radius 2 is 2.15 bits per heavy atom.